The zero-order valence-corrected chi connectivity index (χ0v) is 19.7. The fourth-order valence-corrected chi connectivity index (χ4v) is 3.69. The van der Waals surface area contributed by atoms with E-state index in [9.17, 15) is 9.59 Å². The van der Waals surface area contributed by atoms with Gasteiger partial charge in [0, 0.05) is 12.3 Å². The van der Waals surface area contributed by atoms with Crippen LogP contribution in [0.15, 0.2) is 24.5 Å². The lowest BCUT2D eigenvalue weighted by atomic mass is 10.1. The van der Waals surface area contributed by atoms with Gasteiger partial charge < -0.3 is 30.0 Å². The van der Waals surface area contributed by atoms with Gasteiger partial charge in [-0.3, -0.25) is 9.69 Å². The predicted molar refractivity (Wildman–Crippen MR) is 125 cm³/mol. The number of nitrogens with zero attached hydrogens (tertiary/aromatic N) is 3. The van der Waals surface area contributed by atoms with Crippen LogP contribution >= 0.6 is 0 Å². The van der Waals surface area contributed by atoms with Gasteiger partial charge in [0.1, 0.15) is 17.1 Å². The van der Waals surface area contributed by atoms with Crippen molar-refractivity contribution in [2.75, 3.05) is 58.7 Å². The van der Waals surface area contributed by atoms with Crippen LogP contribution in [0.1, 0.15) is 40.0 Å². The minimum atomic E-state index is -0.655. The summed E-state index contributed by atoms with van der Waals surface area (Å²) in [7, 11) is 4.03. The van der Waals surface area contributed by atoms with Gasteiger partial charge in [0.05, 0.1) is 58.0 Å². The largest absolute Gasteiger partial charge is 0.496 e. The normalized spacial score (nSPS) is 15.9. The highest BCUT2D eigenvalue weighted by molar-refractivity contribution is 6.11. The Morgan fingerprint density at radius 3 is 2.44 bits per heavy atom. The highest BCUT2D eigenvalue weighted by Crippen LogP contribution is 2.26. The summed E-state index contributed by atoms with van der Waals surface area (Å²) in [5.74, 6) is -0.812. The Kier molecular flexibility index (Phi) is 9.00. The van der Waals surface area contributed by atoms with Gasteiger partial charge in [0.2, 0.25) is 5.88 Å². The number of methoxy groups -OCH3 is 3. The van der Waals surface area contributed by atoms with E-state index in [0.29, 0.717) is 0 Å². The number of esters is 1. The van der Waals surface area contributed by atoms with E-state index in [2.05, 4.69) is 20.2 Å². The summed E-state index contributed by atoms with van der Waals surface area (Å²) in [6.45, 7) is 4.60. The molecule has 184 valence electrons. The molecule has 34 heavy (non-hydrogen) atoms. The maximum Gasteiger partial charge on any atom is 0.340 e. The number of anilines is 2. The second kappa shape index (κ2) is 12.1. The van der Waals surface area contributed by atoms with Crippen LogP contribution in [-0.2, 0) is 9.47 Å². The molecule has 4 heterocycles. The number of rotatable bonds is 6. The number of carbonyl (C=O) groups is 2. The molecule has 2 fully saturated rings. The molecular formula is C23H31N5O6. The lowest BCUT2D eigenvalue weighted by molar-refractivity contribution is -0.0698. The first-order valence-electron chi connectivity index (χ1n) is 11.0. The number of nitrogens with one attached hydrogen (secondary N) is 1. The van der Waals surface area contributed by atoms with E-state index in [1.165, 1.54) is 78.2 Å². The molecule has 2 aliphatic heterocycles. The fourth-order valence-electron chi connectivity index (χ4n) is 3.69. The molecule has 0 aliphatic carbocycles. The molecule has 3 N–H and O–H groups in total. The molecule has 0 bridgehead atoms. The molecule has 2 aromatic heterocycles. The van der Waals surface area contributed by atoms with Crippen LogP contribution < -0.4 is 20.5 Å². The van der Waals surface area contributed by atoms with Gasteiger partial charge in [-0.15, -0.1) is 0 Å². The van der Waals surface area contributed by atoms with Crippen LogP contribution in [0.4, 0.5) is 11.5 Å². The molecule has 0 unspecified atom stereocenters. The number of nitrogens with two attached hydrogens (primary N) is 1. The minimum Gasteiger partial charge on any atom is -0.496 e. The van der Waals surface area contributed by atoms with Crippen molar-refractivity contribution in [1.29, 1.82) is 0 Å². The van der Waals surface area contributed by atoms with Crippen LogP contribution in [0, 0.1) is 0 Å². The van der Waals surface area contributed by atoms with E-state index in [1.807, 2.05) is 0 Å². The third-order valence-electron chi connectivity index (χ3n) is 5.66. The molecule has 11 heteroatoms. The second-order valence-electron chi connectivity index (χ2n) is 7.78. The first-order chi connectivity index (χ1) is 16.5. The third kappa shape index (κ3) is 6.12. The van der Waals surface area contributed by atoms with Crippen molar-refractivity contribution in [3.63, 3.8) is 0 Å². The number of ether oxygens (including phenoxy) is 4. The first kappa shape index (κ1) is 25.2. The molecule has 0 radical (unpaired) electrons. The van der Waals surface area contributed by atoms with Gasteiger partial charge in [-0.1, -0.05) is 6.42 Å². The fraction of sp³-hybridized carbons (Fsp3) is 0.478. The summed E-state index contributed by atoms with van der Waals surface area (Å²) in [6, 6.07) is 3.63. The maximum atomic E-state index is 12.5. The summed E-state index contributed by atoms with van der Waals surface area (Å²) in [5, 5.41) is 2.55. The van der Waals surface area contributed by atoms with Crippen molar-refractivity contribution in [2.24, 2.45) is 0 Å². The Morgan fingerprint density at radius 2 is 1.85 bits per heavy atom. The molecule has 1 amide bonds. The van der Waals surface area contributed by atoms with E-state index in [4.69, 9.17) is 24.7 Å². The van der Waals surface area contributed by atoms with Crippen molar-refractivity contribution in [3.8, 4) is 11.6 Å². The third-order valence-corrected chi connectivity index (χ3v) is 5.66. The number of carbonyl (C=O) groups excluding carboxylic acids is 2. The van der Waals surface area contributed by atoms with E-state index in [-0.39, 0.29) is 34.3 Å². The van der Waals surface area contributed by atoms with E-state index < -0.39 is 11.9 Å². The molecule has 4 rings (SSSR count). The number of amides is 1. The lowest BCUT2D eigenvalue weighted by Gasteiger charge is -2.39. The van der Waals surface area contributed by atoms with Crippen molar-refractivity contribution in [1.82, 2.24) is 14.9 Å². The first-order valence-corrected chi connectivity index (χ1v) is 11.0. The Hall–Kier alpha value is -3.44. The average molecular weight is 474 g/mol. The molecule has 2 aliphatic rings. The Balaban J connectivity index is 0.000000266. The van der Waals surface area contributed by atoms with Gasteiger partial charge in [0.15, 0.2) is 0 Å². The average Bonchev–Trinajstić information content (AvgIpc) is 2.83. The number of nitrogen functional groups attached to an aromatic ring is 1. The molecule has 0 atom stereocenters. The van der Waals surface area contributed by atoms with E-state index in [1.54, 1.807) is 0 Å². The second-order valence-corrected chi connectivity index (χ2v) is 7.78. The van der Waals surface area contributed by atoms with Gasteiger partial charge in [0.25, 0.3) is 5.91 Å². The summed E-state index contributed by atoms with van der Waals surface area (Å²) in [6.07, 6.45) is 6.93. The molecule has 11 nitrogen and oxygen atoms in total. The van der Waals surface area contributed by atoms with Gasteiger partial charge >= 0.3 is 5.97 Å². The number of aromatic nitrogens is 2. The highest BCUT2D eigenvalue weighted by atomic mass is 16.5. The standard InChI is InChI=1S/C15H16N4O5.C8H15NO/c1-22-10-4-5-17-13(16)12(10)14(20)19-9-7-18-11(23-2)6-8(9)15(21)24-3;1-2-4-9(5-3-1)8-6-10-7-8/h4-7H,1-3H3,(H2,16,17)(H,19,20);8H,1-7H2. The minimum absolute atomic E-state index is 0.00654. The van der Waals surface area contributed by atoms with Crippen molar-refractivity contribution in [2.45, 2.75) is 25.3 Å². The quantitative estimate of drug-likeness (QED) is 0.599. The van der Waals surface area contributed by atoms with Gasteiger partial charge in [-0.2, -0.15) is 0 Å². The Morgan fingerprint density at radius 1 is 1.12 bits per heavy atom. The smallest absolute Gasteiger partial charge is 0.340 e. The highest BCUT2D eigenvalue weighted by Gasteiger charge is 2.26. The van der Waals surface area contributed by atoms with Crippen LogP contribution in [0.25, 0.3) is 0 Å². The summed E-state index contributed by atoms with van der Waals surface area (Å²) < 4.78 is 19.9. The SMILES string of the molecule is C1CCN(C2COC2)CC1.COC(=O)c1cc(OC)ncc1NC(=O)c1c(OC)ccnc1N. The molecule has 0 saturated carbocycles. The van der Waals surface area contributed by atoms with E-state index >= 15 is 0 Å². The lowest BCUT2D eigenvalue weighted by Crippen LogP contribution is -2.50. The summed E-state index contributed by atoms with van der Waals surface area (Å²) in [4.78, 5) is 34.8. The van der Waals surface area contributed by atoms with Gasteiger partial charge in [-0.05, 0) is 32.0 Å². The van der Waals surface area contributed by atoms with Crippen molar-refractivity contribution < 1.29 is 28.5 Å². The topological polar surface area (TPSA) is 138 Å². The van der Waals surface area contributed by atoms with Crippen LogP contribution in [0.3, 0.4) is 0 Å². The number of hydrogen-bond donors (Lipinski definition) is 2. The predicted octanol–water partition coefficient (Wildman–Crippen LogP) is 1.99. The number of pyridine rings is 2. The molecule has 2 aromatic rings. The monoisotopic (exact) mass is 473 g/mol. The molecule has 0 aromatic carbocycles. The summed E-state index contributed by atoms with van der Waals surface area (Å²) >= 11 is 0. The number of piperidine rings is 1. The molecular weight excluding hydrogens is 442 g/mol. The van der Waals surface area contributed by atoms with Crippen molar-refractivity contribution >= 4 is 23.4 Å². The van der Waals surface area contributed by atoms with Gasteiger partial charge in [-0.25, -0.2) is 14.8 Å². The number of hydrogen-bond acceptors (Lipinski definition) is 10. The Bertz CT molecular complexity index is 992. The Labute approximate surface area is 198 Å². The maximum absolute atomic E-state index is 12.5. The zero-order valence-electron chi connectivity index (χ0n) is 19.7. The molecule has 0 spiro atoms. The van der Waals surface area contributed by atoms with E-state index in [0.717, 1.165) is 19.3 Å². The molecule has 2 saturated heterocycles. The van der Waals surface area contributed by atoms with Crippen LogP contribution in [-0.4, -0.2) is 80.4 Å². The van der Waals surface area contributed by atoms with Crippen LogP contribution in [0.5, 0.6) is 11.6 Å². The zero-order chi connectivity index (χ0) is 24.5. The van der Waals surface area contributed by atoms with Crippen molar-refractivity contribution in [3.05, 3.63) is 35.7 Å². The summed E-state index contributed by atoms with van der Waals surface area (Å²) in [5.41, 5.74) is 6.01. The van der Waals surface area contributed by atoms with Crippen LogP contribution in [0.2, 0.25) is 0 Å². The number of likely N-dealkylation sites (tertiary alicyclic amines) is 1.